The molecule has 1 heterocycles. The maximum atomic E-state index is 13.2. The van der Waals surface area contributed by atoms with Gasteiger partial charge in [-0.1, -0.05) is 25.4 Å². The number of benzene rings is 2. The number of carbonyl (C=O) groups is 2. The number of rotatable bonds is 5. The quantitative estimate of drug-likeness (QED) is 0.390. The molecule has 1 aliphatic heterocycles. The molecular weight excluding hydrogens is 400 g/mol. The van der Waals surface area contributed by atoms with Gasteiger partial charge < -0.3 is 0 Å². The number of anilines is 1. The van der Waals surface area contributed by atoms with Gasteiger partial charge in [0.15, 0.2) is 0 Å². The van der Waals surface area contributed by atoms with Gasteiger partial charge in [-0.25, -0.2) is 4.90 Å². The topological polar surface area (TPSA) is 80.5 Å². The molecule has 0 bridgehead atoms. The van der Waals surface area contributed by atoms with E-state index in [1.54, 1.807) is 25.1 Å². The first-order chi connectivity index (χ1) is 13.2. The third-order valence-corrected chi connectivity index (χ3v) is 5.48. The third-order valence-electron chi connectivity index (χ3n) is 4.16. The number of non-ortho nitro benzene ring substituents is 1. The van der Waals surface area contributed by atoms with Crippen molar-refractivity contribution in [3.8, 4) is 0 Å². The number of amides is 2. The molecule has 8 heteroatoms. The van der Waals surface area contributed by atoms with Crippen molar-refractivity contribution < 1.29 is 14.5 Å². The van der Waals surface area contributed by atoms with Gasteiger partial charge in [0.05, 0.1) is 21.1 Å². The molecule has 2 aromatic rings. The summed E-state index contributed by atoms with van der Waals surface area (Å²) in [6.45, 7) is 5.64. The molecular formula is C20H17ClN2O4S. The lowest BCUT2D eigenvalue weighted by Gasteiger charge is -2.18. The summed E-state index contributed by atoms with van der Waals surface area (Å²) in [5.74, 6) is -0.852. The van der Waals surface area contributed by atoms with Gasteiger partial charge in [0.2, 0.25) is 0 Å². The summed E-state index contributed by atoms with van der Waals surface area (Å²) in [5.41, 5.74) is 1.82. The zero-order valence-corrected chi connectivity index (χ0v) is 17.0. The highest BCUT2D eigenvalue weighted by atomic mass is 35.5. The number of halogens is 1. The van der Waals surface area contributed by atoms with Crippen LogP contribution >= 0.6 is 23.4 Å². The number of nitro benzene ring substituents is 1. The van der Waals surface area contributed by atoms with E-state index in [4.69, 9.17) is 11.6 Å². The van der Waals surface area contributed by atoms with Crippen LogP contribution in [0.1, 0.15) is 25.0 Å². The molecule has 0 aliphatic carbocycles. The van der Waals surface area contributed by atoms with Gasteiger partial charge in [0.1, 0.15) is 0 Å². The normalized spacial score (nSPS) is 14.4. The number of imide groups is 1. The van der Waals surface area contributed by atoms with Crippen LogP contribution in [0.25, 0.3) is 5.57 Å². The van der Waals surface area contributed by atoms with Crippen LogP contribution in [0, 0.1) is 17.0 Å². The Balaban J connectivity index is 2.11. The number of thioether (sulfide) groups is 1. The molecule has 0 atom stereocenters. The summed E-state index contributed by atoms with van der Waals surface area (Å²) >= 11 is 7.30. The standard InChI is InChI=1S/C20H17ClN2O4S/c1-11(2)28-18-17(13-4-7-15(8-5-13)23(26)27)19(24)22(20(18)25)16-9-6-14(21)10-12(16)3/h4-11H,1-3H3. The molecule has 0 spiro atoms. The minimum Gasteiger partial charge on any atom is -0.268 e. The van der Waals surface area contributed by atoms with Crippen molar-refractivity contribution in [3.05, 3.63) is 73.6 Å². The van der Waals surface area contributed by atoms with Gasteiger partial charge in [0.25, 0.3) is 17.5 Å². The second-order valence-corrected chi connectivity index (χ2v) is 8.57. The zero-order chi connectivity index (χ0) is 20.6. The third kappa shape index (κ3) is 3.68. The number of nitro groups is 1. The van der Waals surface area contributed by atoms with Crippen LogP contribution in [0.3, 0.4) is 0 Å². The second kappa shape index (κ2) is 7.77. The van der Waals surface area contributed by atoms with Gasteiger partial charge in [-0.05, 0) is 48.4 Å². The molecule has 28 heavy (non-hydrogen) atoms. The Kier molecular flexibility index (Phi) is 5.58. The summed E-state index contributed by atoms with van der Waals surface area (Å²) in [5, 5.41) is 11.5. The van der Waals surface area contributed by atoms with Crippen molar-refractivity contribution in [2.24, 2.45) is 0 Å². The van der Waals surface area contributed by atoms with E-state index in [2.05, 4.69) is 0 Å². The summed E-state index contributed by atoms with van der Waals surface area (Å²) in [7, 11) is 0. The largest absolute Gasteiger partial charge is 0.272 e. The van der Waals surface area contributed by atoms with Gasteiger partial charge >= 0.3 is 0 Å². The lowest BCUT2D eigenvalue weighted by Crippen LogP contribution is -2.32. The monoisotopic (exact) mass is 416 g/mol. The lowest BCUT2D eigenvalue weighted by molar-refractivity contribution is -0.384. The fourth-order valence-electron chi connectivity index (χ4n) is 2.95. The molecule has 0 radical (unpaired) electrons. The lowest BCUT2D eigenvalue weighted by atomic mass is 10.1. The van der Waals surface area contributed by atoms with E-state index >= 15 is 0 Å². The van der Waals surface area contributed by atoms with Crippen LogP contribution in [0.5, 0.6) is 0 Å². The van der Waals surface area contributed by atoms with E-state index in [1.165, 1.54) is 36.0 Å². The van der Waals surface area contributed by atoms with E-state index < -0.39 is 16.7 Å². The van der Waals surface area contributed by atoms with Gasteiger partial charge in [-0.2, -0.15) is 0 Å². The van der Waals surface area contributed by atoms with Gasteiger partial charge in [-0.15, -0.1) is 11.8 Å². The Bertz CT molecular complexity index is 1020. The number of carbonyl (C=O) groups excluding carboxylic acids is 2. The predicted octanol–water partition coefficient (Wildman–Crippen LogP) is 4.98. The zero-order valence-electron chi connectivity index (χ0n) is 15.4. The van der Waals surface area contributed by atoms with Crippen LogP contribution in [-0.4, -0.2) is 22.0 Å². The summed E-state index contributed by atoms with van der Waals surface area (Å²) in [4.78, 5) is 38.3. The average Bonchev–Trinajstić information content (AvgIpc) is 2.85. The highest BCUT2D eigenvalue weighted by Gasteiger charge is 2.41. The van der Waals surface area contributed by atoms with E-state index in [1.807, 2.05) is 13.8 Å². The molecule has 2 amide bonds. The van der Waals surface area contributed by atoms with Crippen LogP contribution in [0.15, 0.2) is 47.4 Å². The summed E-state index contributed by atoms with van der Waals surface area (Å²) < 4.78 is 0. The van der Waals surface area contributed by atoms with Crippen molar-refractivity contribution in [2.45, 2.75) is 26.0 Å². The van der Waals surface area contributed by atoms with Crippen molar-refractivity contribution in [2.75, 3.05) is 4.90 Å². The first kappa shape index (κ1) is 20.1. The highest BCUT2D eigenvalue weighted by molar-refractivity contribution is 8.04. The van der Waals surface area contributed by atoms with Crippen molar-refractivity contribution in [1.82, 2.24) is 0 Å². The predicted molar refractivity (Wildman–Crippen MR) is 111 cm³/mol. The molecule has 1 aliphatic rings. The van der Waals surface area contributed by atoms with Crippen LogP contribution in [-0.2, 0) is 9.59 Å². The smallest absolute Gasteiger partial charge is 0.268 e. The Hall–Kier alpha value is -2.64. The second-order valence-electron chi connectivity index (χ2n) is 6.55. The van der Waals surface area contributed by atoms with Gasteiger partial charge in [0, 0.05) is 22.4 Å². The fourth-order valence-corrected chi connectivity index (χ4v) is 4.16. The number of hydrogen-bond acceptors (Lipinski definition) is 5. The number of aryl methyl sites for hydroxylation is 1. The Morgan fingerprint density at radius 3 is 2.25 bits per heavy atom. The highest BCUT2D eigenvalue weighted by Crippen LogP contribution is 2.41. The maximum absolute atomic E-state index is 13.2. The molecule has 0 saturated carbocycles. The minimum absolute atomic E-state index is 0.0751. The van der Waals surface area contributed by atoms with E-state index in [9.17, 15) is 19.7 Å². The van der Waals surface area contributed by atoms with Gasteiger partial charge in [-0.3, -0.25) is 19.7 Å². The fraction of sp³-hybridized carbons (Fsp3) is 0.200. The van der Waals surface area contributed by atoms with Crippen LogP contribution in [0.4, 0.5) is 11.4 Å². The van der Waals surface area contributed by atoms with E-state index in [0.717, 1.165) is 4.90 Å². The minimum atomic E-state index is -0.507. The molecule has 0 saturated heterocycles. The summed E-state index contributed by atoms with van der Waals surface area (Å²) in [6, 6.07) is 10.6. The first-order valence-corrected chi connectivity index (χ1v) is 9.77. The van der Waals surface area contributed by atoms with Crippen molar-refractivity contribution in [1.29, 1.82) is 0 Å². The molecule has 0 unspecified atom stereocenters. The first-order valence-electron chi connectivity index (χ1n) is 8.51. The van der Waals surface area contributed by atoms with E-state index in [0.29, 0.717) is 26.7 Å². The molecule has 0 aromatic heterocycles. The Morgan fingerprint density at radius 1 is 1.07 bits per heavy atom. The molecule has 0 fully saturated rings. The number of nitrogens with zero attached hydrogens (tertiary/aromatic N) is 2. The molecule has 0 N–H and O–H groups in total. The van der Waals surface area contributed by atoms with E-state index in [-0.39, 0.29) is 16.5 Å². The Labute approximate surface area is 171 Å². The van der Waals surface area contributed by atoms with Crippen molar-refractivity contribution >= 4 is 52.1 Å². The van der Waals surface area contributed by atoms with Crippen LogP contribution in [0.2, 0.25) is 5.02 Å². The number of hydrogen-bond donors (Lipinski definition) is 0. The maximum Gasteiger partial charge on any atom is 0.272 e. The average molecular weight is 417 g/mol. The van der Waals surface area contributed by atoms with Crippen molar-refractivity contribution in [3.63, 3.8) is 0 Å². The SMILES string of the molecule is Cc1cc(Cl)ccc1N1C(=O)C(SC(C)C)=C(c2ccc([N+](=O)[O-])cc2)C1=O. The molecule has 6 nitrogen and oxygen atoms in total. The molecule has 144 valence electrons. The molecule has 2 aromatic carbocycles. The summed E-state index contributed by atoms with van der Waals surface area (Å²) in [6.07, 6.45) is 0. The van der Waals surface area contributed by atoms with Crippen LogP contribution < -0.4 is 4.90 Å². The molecule has 3 rings (SSSR count). The Morgan fingerprint density at radius 2 is 1.71 bits per heavy atom.